The Morgan fingerprint density at radius 2 is 2.46 bits per heavy atom. The molecule has 0 saturated heterocycles. The molecule has 0 bridgehead atoms. The largest absolute Gasteiger partial charge is 0.261 e. The quantitative estimate of drug-likeness (QED) is 0.628. The summed E-state index contributed by atoms with van der Waals surface area (Å²) in [6.45, 7) is 2.07. The molecule has 2 heteroatoms. The summed E-state index contributed by atoms with van der Waals surface area (Å²) in [6, 6.07) is 4.19. The Labute approximate surface area is 84.1 Å². The van der Waals surface area contributed by atoms with Crippen LogP contribution in [0.15, 0.2) is 18.3 Å². The van der Waals surface area contributed by atoms with E-state index in [1.165, 1.54) is 30.5 Å². The second-order valence-electron chi connectivity index (χ2n) is 3.72. The maximum absolute atomic E-state index is 6.14. The van der Waals surface area contributed by atoms with Crippen LogP contribution in [0.1, 0.15) is 36.9 Å². The first kappa shape index (κ1) is 9.01. The zero-order valence-corrected chi connectivity index (χ0v) is 8.59. The van der Waals surface area contributed by atoms with Crippen LogP contribution >= 0.6 is 11.6 Å². The first-order chi connectivity index (χ1) is 6.29. The summed E-state index contributed by atoms with van der Waals surface area (Å²) >= 11 is 6.14. The fourth-order valence-electron chi connectivity index (χ4n) is 2.09. The summed E-state index contributed by atoms with van der Waals surface area (Å²) in [6.07, 6.45) is 5.48. The van der Waals surface area contributed by atoms with Gasteiger partial charge in [0.15, 0.2) is 0 Å². The topological polar surface area (TPSA) is 12.9 Å². The van der Waals surface area contributed by atoms with Gasteiger partial charge in [-0.1, -0.05) is 6.07 Å². The van der Waals surface area contributed by atoms with E-state index in [0.29, 0.717) is 5.92 Å². The van der Waals surface area contributed by atoms with Gasteiger partial charge < -0.3 is 0 Å². The number of alkyl halides is 1. The minimum Gasteiger partial charge on any atom is -0.261 e. The number of aromatic nitrogens is 1. The fourth-order valence-corrected chi connectivity index (χ4v) is 2.34. The molecule has 13 heavy (non-hydrogen) atoms. The van der Waals surface area contributed by atoms with Crippen molar-refractivity contribution in [2.75, 3.05) is 0 Å². The average molecular weight is 196 g/mol. The molecule has 70 valence electrons. The molecule has 2 rings (SSSR count). The highest BCUT2D eigenvalue weighted by atomic mass is 35.5. The van der Waals surface area contributed by atoms with Crippen LogP contribution < -0.4 is 0 Å². The Kier molecular flexibility index (Phi) is 2.54. The predicted molar refractivity (Wildman–Crippen MR) is 55.2 cm³/mol. The fraction of sp³-hybridized carbons (Fsp3) is 0.545. The minimum atomic E-state index is 0.203. The van der Waals surface area contributed by atoms with Gasteiger partial charge in [0, 0.05) is 23.2 Å². The van der Waals surface area contributed by atoms with Gasteiger partial charge in [0.2, 0.25) is 0 Å². The Morgan fingerprint density at radius 1 is 1.62 bits per heavy atom. The van der Waals surface area contributed by atoms with E-state index in [4.69, 9.17) is 11.6 Å². The van der Waals surface area contributed by atoms with E-state index in [1.54, 1.807) is 0 Å². The van der Waals surface area contributed by atoms with Gasteiger partial charge in [0.25, 0.3) is 0 Å². The highest BCUT2D eigenvalue weighted by molar-refractivity contribution is 6.20. The zero-order chi connectivity index (χ0) is 9.26. The zero-order valence-electron chi connectivity index (χ0n) is 7.83. The Balaban J connectivity index is 2.37. The molecule has 2 atom stereocenters. The lowest BCUT2D eigenvalue weighted by atomic mass is 9.85. The molecule has 0 spiro atoms. The molecule has 2 unspecified atom stereocenters. The molecule has 1 aliphatic carbocycles. The van der Waals surface area contributed by atoms with Crippen molar-refractivity contribution in [3.63, 3.8) is 0 Å². The van der Waals surface area contributed by atoms with Gasteiger partial charge in [0.05, 0.1) is 0 Å². The van der Waals surface area contributed by atoms with Gasteiger partial charge in [-0.3, -0.25) is 4.98 Å². The van der Waals surface area contributed by atoms with Crippen molar-refractivity contribution in [1.82, 2.24) is 4.98 Å². The van der Waals surface area contributed by atoms with Crippen LogP contribution in [0.2, 0.25) is 0 Å². The Hall–Kier alpha value is -0.560. The first-order valence-electron chi connectivity index (χ1n) is 4.87. The van der Waals surface area contributed by atoms with Crippen molar-refractivity contribution >= 4 is 11.6 Å². The van der Waals surface area contributed by atoms with E-state index in [0.717, 1.165) is 0 Å². The Bertz CT molecular complexity index is 296. The SMILES string of the molecule is CC(Cl)C1CCCc2cccnc21. The highest BCUT2D eigenvalue weighted by Gasteiger charge is 2.24. The highest BCUT2D eigenvalue weighted by Crippen LogP contribution is 2.34. The van der Waals surface area contributed by atoms with Crippen LogP contribution in [0.4, 0.5) is 0 Å². The lowest BCUT2D eigenvalue weighted by molar-refractivity contribution is 0.530. The van der Waals surface area contributed by atoms with Gasteiger partial charge in [0.1, 0.15) is 0 Å². The van der Waals surface area contributed by atoms with Crippen molar-refractivity contribution in [2.45, 2.75) is 37.5 Å². The summed E-state index contributed by atoms with van der Waals surface area (Å²) in [5, 5.41) is 0.203. The van der Waals surface area contributed by atoms with E-state index < -0.39 is 0 Å². The van der Waals surface area contributed by atoms with Crippen molar-refractivity contribution in [3.05, 3.63) is 29.6 Å². The third kappa shape index (κ3) is 1.71. The molecule has 1 nitrogen and oxygen atoms in total. The summed E-state index contributed by atoms with van der Waals surface area (Å²) in [5.74, 6) is 0.464. The predicted octanol–water partition coefficient (Wildman–Crippen LogP) is 3.13. The van der Waals surface area contributed by atoms with E-state index in [1.807, 2.05) is 12.3 Å². The van der Waals surface area contributed by atoms with E-state index in [9.17, 15) is 0 Å². The molecule has 0 aliphatic heterocycles. The summed E-state index contributed by atoms with van der Waals surface area (Å²) in [4.78, 5) is 4.44. The molecule has 1 aromatic heterocycles. The summed E-state index contributed by atoms with van der Waals surface area (Å²) < 4.78 is 0. The van der Waals surface area contributed by atoms with Crippen LogP contribution in [-0.2, 0) is 6.42 Å². The third-order valence-corrected chi connectivity index (χ3v) is 3.10. The molecular weight excluding hydrogens is 182 g/mol. The van der Waals surface area contributed by atoms with Gasteiger partial charge in [-0.2, -0.15) is 0 Å². The van der Waals surface area contributed by atoms with Gasteiger partial charge in [-0.05, 0) is 37.8 Å². The molecular formula is C11H14ClN. The Morgan fingerprint density at radius 3 is 3.23 bits per heavy atom. The number of hydrogen-bond acceptors (Lipinski definition) is 1. The smallest absolute Gasteiger partial charge is 0.0481 e. The van der Waals surface area contributed by atoms with Crippen LogP contribution in [0.25, 0.3) is 0 Å². The minimum absolute atomic E-state index is 0.203. The van der Waals surface area contributed by atoms with E-state index in [2.05, 4.69) is 18.0 Å². The van der Waals surface area contributed by atoms with Crippen molar-refractivity contribution in [2.24, 2.45) is 0 Å². The molecule has 1 aliphatic rings. The maximum atomic E-state index is 6.14. The normalized spacial score (nSPS) is 23.7. The average Bonchev–Trinajstić information content (AvgIpc) is 2.17. The first-order valence-corrected chi connectivity index (χ1v) is 5.30. The number of aryl methyl sites for hydroxylation is 1. The van der Waals surface area contributed by atoms with Crippen molar-refractivity contribution in [1.29, 1.82) is 0 Å². The number of fused-ring (bicyclic) bond motifs is 1. The van der Waals surface area contributed by atoms with Gasteiger partial charge in [-0.25, -0.2) is 0 Å². The van der Waals surface area contributed by atoms with Crippen molar-refractivity contribution < 1.29 is 0 Å². The molecule has 0 radical (unpaired) electrons. The van der Waals surface area contributed by atoms with Crippen LogP contribution in [0.5, 0.6) is 0 Å². The van der Waals surface area contributed by atoms with Gasteiger partial charge in [-0.15, -0.1) is 11.6 Å². The maximum Gasteiger partial charge on any atom is 0.0481 e. The van der Waals surface area contributed by atoms with Crippen LogP contribution in [-0.4, -0.2) is 10.4 Å². The molecule has 0 aromatic carbocycles. The lowest BCUT2D eigenvalue weighted by Crippen LogP contribution is -2.17. The third-order valence-electron chi connectivity index (χ3n) is 2.79. The second kappa shape index (κ2) is 3.67. The molecule has 0 amide bonds. The van der Waals surface area contributed by atoms with Crippen molar-refractivity contribution in [3.8, 4) is 0 Å². The molecule has 0 fully saturated rings. The number of pyridine rings is 1. The second-order valence-corrected chi connectivity index (χ2v) is 4.41. The summed E-state index contributed by atoms with van der Waals surface area (Å²) in [5.41, 5.74) is 2.63. The lowest BCUT2D eigenvalue weighted by Gasteiger charge is -2.25. The molecule has 1 heterocycles. The standard InChI is InChI=1S/C11H14ClN/c1-8(12)10-6-2-4-9-5-3-7-13-11(9)10/h3,5,7-8,10H,2,4,6H2,1H3. The van der Waals surface area contributed by atoms with Crippen LogP contribution in [0, 0.1) is 0 Å². The van der Waals surface area contributed by atoms with E-state index >= 15 is 0 Å². The number of rotatable bonds is 1. The molecule has 1 aromatic rings. The molecule has 0 N–H and O–H groups in total. The van der Waals surface area contributed by atoms with Gasteiger partial charge >= 0.3 is 0 Å². The summed E-state index contributed by atoms with van der Waals surface area (Å²) in [7, 11) is 0. The number of nitrogens with zero attached hydrogens (tertiary/aromatic N) is 1. The number of hydrogen-bond donors (Lipinski definition) is 0. The van der Waals surface area contributed by atoms with Crippen LogP contribution in [0.3, 0.4) is 0 Å². The number of halogens is 1. The van der Waals surface area contributed by atoms with E-state index in [-0.39, 0.29) is 5.38 Å². The molecule has 0 saturated carbocycles. The monoisotopic (exact) mass is 195 g/mol.